The lowest BCUT2D eigenvalue weighted by molar-refractivity contribution is 0.0474. The summed E-state index contributed by atoms with van der Waals surface area (Å²) in [6, 6.07) is 8.41. The highest BCUT2D eigenvalue weighted by Gasteiger charge is 2.19. The average molecular weight is 358 g/mol. The molecule has 2 aromatic rings. The number of benzene rings is 2. The Balaban J connectivity index is 2.17. The van der Waals surface area contributed by atoms with Crippen LogP contribution in [0.3, 0.4) is 0 Å². The molecule has 0 bridgehead atoms. The number of carbonyl (C=O) groups is 2. The molecule has 0 spiro atoms. The van der Waals surface area contributed by atoms with Crippen molar-refractivity contribution < 1.29 is 28.5 Å². The Kier molecular flexibility index (Phi) is 6.22. The first-order valence-corrected chi connectivity index (χ1v) is 7.99. The van der Waals surface area contributed by atoms with Crippen molar-refractivity contribution in [3.63, 3.8) is 0 Å². The molecular weight excluding hydrogens is 336 g/mol. The molecule has 26 heavy (non-hydrogen) atoms. The molecule has 0 heterocycles. The summed E-state index contributed by atoms with van der Waals surface area (Å²) in [4.78, 5) is 24.7. The van der Waals surface area contributed by atoms with Gasteiger partial charge in [0.2, 0.25) is 11.5 Å². The Morgan fingerprint density at radius 2 is 1.54 bits per heavy atom. The maximum Gasteiger partial charge on any atom is 0.338 e. The molecule has 2 rings (SSSR count). The maximum absolute atomic E-state index is 12.4. The van der Waals surface area contributed by atoms with E-state index in [0.717, 1.165) is 11.1 Å². The zero-order valence-corrected chi connectivity index (χ0v) is 15.5. The fraction of sp³-hybridized carbons (Fsp3) is 0.300. The normalized spacial score (nSPS) is 10.2. The van der Waals surface area contributed by atoms with Crippen molar-refractivity contribution in [2.75, 3.05) is 27.9 Å². The van der Waals surface area contributed by atoms with E-state index in [1.807, 2.05) is 19.9 Å². The number of rotatable bonds is 7. The van der Waals surface area contributed by atoms with Crippen molar-refractivity contribution in [1.82, 2.24) is 0 Å². The minimum Gasteiger partial charge on any atom is -0.493 e. The summed E-state index contributed by atoms with van der Waals surface area (Å²) in [5.41, 5.74) is 2.56. The molecule has 0 fully saturated rings. The van der Waals surface area contributed by atoms with Gasteiger partial charge in [-0.05, 0) is 43.2 Å². The summed E-state index contributed by atoms with van der Waals surface area (Å²) < 4.78 is 20.9. The number of methoxy groups -OCH3 is 3. The summed E-state index contributed by atoms with van der Waals surface area (Å²) in [5, 5.41) is 0. The zero-order valence-electron chi connectivity index (χ0n) is 15.5. The first kappa shape index (κ1) is 19.3. The fourth-order valence-electron chi connectivity index (χ4n) is 2.51. The topological polar surface area (TPSA) is 71.1 Å². The molecule has 0 amide bonds. The van der Waals surface area contributed by atoms with Gasteiger partial charge in [-0.2, -0.15) is 0 Å². The molecule has 0 aliphatic heterocycles. The Labute approximate surface area is 152 Å². The van der Waals surface area contributed by atoms with Gasteiger partial charge in [0.15, 0.2) is 18.1 Å². The Morgan fingerprint density at radius 1 is 0.923 bits per heavy atom. The van der Waals surface area contributed by atoms with Gasteiger partial charge in [-0.25, -0.2) is 4.79 Å². The van der Waals surface area contributed by atoms with E-state index in [0.29, 0.717) is 28.4 Å². The van der Waals surface area contributed by atoms with Crippen LogP contribution >= 0.6 is 0 Å². The molecule has 0 saturated carbocycles. The first-order valence-electron chi connectivity index (χ1n) is 7.99. The molecule has 0 aromatic heterocycles. The fourth-order valence-corrected chi connectivity index (χ4v) is 2.51. The molecule has 6 heteroatoms. The third-order valence-corrected chi connectivity index (χ3v) is 4.15. The number of esters is 1. The van der Waals surface area contributed by atoms with Crippen molar-refractivity contribution >= 4 is 11.8 Å². The van der Waals surface area contributed by atoms with E-state index in [2.05, 4.69) is 0 Å². The molecule has 0 N–H and O–H groups in total. The maximum atomic E-state index is 12.4. The molecule has 2 aromatic carbocycles. The third kappa shape index (κ3) is 3.96. The SMILES string of the molecule is COc1cc(C(=O)COC(=O)c2cccc(C)c2C)cc(OC)c1OC. The molecule has 0 atom stereocenters. The molecule has 0 radical (unpaired) electrons. The highest BCUT2D eigenvalue weighted by Crippen LogP contribution is 2.38. The minimum atomic E-state index is -0.535. The monoisotopic (exact) mass is 358 g/mol. The van der Waals surface area contributed by atoms with E-state index in [9.17, 15) is 9.59 Å². The van der Waals surface area contributed by atoms with Crippen LogP contribution in [-0.4, -0.2) is 39.7 Å². The van der Waals surface area contributed by atoms with E-state index >= 15 is 0 Å². The molecule has 0 aliphatic carbocycles. The predicted molar refractivity (Wildman–Crippen MR) is 96.6 cm³/mol. The van der Waals surface area contributed by atoms with Crippen LogP contribution in [0.4, 0.5) is 0 Å². The molecular formula is C20H22O6. The number of aryl methyl sites for hydroxylation is 1. The lowest BCUT2D eigenvalue weighted by atomic mass is 10.0. The number of Topliss-reactive ketones (excluding diaryl/α,β-unsaturated/α-hetero) is 1. The minimum absolute atomic E-state index is 0.299. The first-order chi connectivity index (χ1) is 12.4. The third-order valence-electron chi connectivity index (χ3n) is 4.15. The summed E-state index contributed by atoms with van der Waals surface area (Å²) >= 11 is 0. The van der Waals surface area contributed by atoms with Crippen LogP contribution in [0.15, 0.2) is 30.3 Å². The number of carbonyl (C=O) groups excluding carboxylic acids is 2. The Hall–Kier alpha value is -3.02. The summed E-state index contributed by atoms with van der Waals surface area (Å²) in [6.45, 7) is 3.37. The van der Waals surface area contributed by atoms with E-state index in [1.165, 1.54) is 33.5 Å². The highest BCUT2D eigenvalue weighted by molar-refractivity contribution is 6.00. The van der Waals surface area contributed by atoms with Gasteiger partial charge < -0.3 is 18.9 Å². The van der Waals surface area contributed by atoms with Crippen LogP contribution in [0.25, 0.3) is 0 Å². The molecule has 0 unspecified atom stereocenters. The van der Waals surface area contributed by atoms with Crippen molar-refractivity contribution in [1.29, 1.82) is 0 Å². The molecule has 138 valence electrons. The van der Waals surface area contributed by atoms with Gasteiger partial charge in [-0.1, -0.05) is 12.1 Å². The Morgan fingerprint density at radius 3 is 2.08 bits per heavy atom. The van der Waals surface area contributed by atoms with E-state index < -0.39 is 5.97 Å². The van der Waals surface area contributed by atoms with E-state index in [1.54, 1.807) is 12.1 Å². The van der Waals surface area contributed by atoms with E-state index in [4.69, 9.17) is 18.9 Å². The van der Waals surface area contributed by atoms with Crippen LogP contribution < -0.4 is 14.2 Å². The van der Waals surface area contributed by atoms with E-state index in [-0.39, 0.29) is 12.4 Å². The second kappa shape index (κ2) is 8.38. The van der Waals surface area contributed by atoms with Crippen molar-refractivity contribution in [2.45, 2.75) is 13.8 Å². The summed E-state index contributed by atoms with van der Waals surface area (Å²) in [6.07, 6.45) is 0. The molecule has 0 saturated heterocycles. The predicted octanol–water partition coefficient (Wildman–Crippen LogP) is 3.37. The number of hydrogen-bond acceptors (Lipinski definition) is 6. The van der Waals surface area contributed by atoms with Gasteiger partial charge in [0.05, 0.1) is 26.9 Å². The van der Waals surface area contributed by atoms with Crippen molar-refractivity contribution in [2.24, 2.45) is 0 Å². The van der Waals surface area contributed by atoms with Crippen LogP contribution in [-0.2, 0) is 4.74 Å². The number of ketones is 1. The second-order valence-electron chi connectivity index (χ2n) is 5.66. The van der Waals surface area contributed by atoms with Gasteiger partial charge in [0.25, 0.3) is 0 Å². The smallest absolute Gasteiger partial charge is 0.338 e. The lowest BCUT2D eigenvalue weighted by Crippen LogP contribution is -2.15. The van der Waals surface area contributed by atoms with Crippen LogP contribution in [0.2, 0.25) is 0 Å². The molecule has 6 nitrogen and oxygen atoms in total. The second-order valence-corrected chi connectivity index (χ2v) is 5.66. The standard InChI is InChI=1S/C20H22O6/c1-12-7-6-8-15(13(12)2)20(22)26-11-16(21)14-9-17(23-3)19(25-5)18(10-14)24-4/h6-10H,11H2,1-5H3. The van der Waals surface area contributed by atoms with Crippen LogP contribution in [0.1, 0.15) is 31.8 Å². The van der Waals surface area contributed by atoms with Crippen molar-refractivity contribution in [3.05, 3.63) is 52.6 Å². The quantitative estimate of drug-likeness (QED) is 0.558. The van der Waals surface area contributed by atoms with Gasteiger partial charge in [0, 0.05) is 5.56 Å². The number of ether oxygens (including phenoxy) is 4. The lowest BCUT2D eigenvalue weighted by Gasteiger charge is -2.14. The highest BCUT2D eigenvalue weighted by atomic mass is 16.5. The average Bonchev–Trinajstić information content (AvgIpc) is 2.66. The summed E-state index contributed by atoms with van der Waals surface area (Å²) in [7, 11) is 4.41. The van der Waals surface area contributed by atoms with Crippen LogP contribution in [0.5, 0.6) is 17.2 Å². The van der Waals surface area contributed by atoms with Gasteiger partial charge in [0.1, 0.15) is 0 Å². The van der Waals surface area contributed by atoms with Gasteiger partial charge in [-0.15, -0.1) is 0 Å². The van der Waals surface area contributed by atoms with Gasteiger partial charge >= 0.3 is 5.97 Å². The Bertz CT molecular complexity index is 800. The molecule has 0 aliphatic rings. The number of hydrogen-bond donors (Lipinski definition) is 0. The zero-order chi connectivity index (χ0) is 19.3. The van der Waals surface area contributed by atoms with Gasteiger partial charge in [-0.3, -0.25) is 4.79 Å². The van der Waals surface area contributed by atoms with Crippen molar-refractivity contribution in [3.8, 4) is 17.2 Å². The van der Waals surface area contributed by atoms with Crippen LogP contribution in [0, 0.1) is 13.8 Å². The largest absolute Gasteiger partial charge is 0.493 e. The summed E-state index contributed by atoms with van der Waals surface area (Å²) in [5.74, 6) is 0.195.